The molecule has 2 rings (SSSR count). The Morgan fingerprint density at radius 3 is 1.60 bits per heavy atom. The largest absolute Gasteiger partial charge is 0.393 e. The Morgan fingerprint density at radius 1 is 0.750 bits per heavy atom. The van der Waals surface area contributed by atoms with E-state index in [0.717, 1.165) is 43.4 Å². The Morgan fingerprint density at radius 2 is 1.20 bits per heavy atom. The zero-order valence-electron chi connectivity index (χ0n) is 13.3. The summed E-state index contributed by atoms with van der Waals surface area (Å²) in [4.78, 5) is 0. The highest BCUT2D eigenvalue weighted by molar-refractivity contribution is 4.84. The monoisotopic (exact) mass is 282 g/mol. The van der Waals surface area contributed by atoms with Gasteiger partial charge < -0.3 is 10.2 Å². The number of hydrogen-bond acceptors (Lipinski definition) is 2. The van der Waals surface area contributed by atoms with Gasteiger partial charge in [-0.3, -0.25) is 0 Å². The standard InChI is InChI=1S/C18H34O2/c1-2-3-4-5-18(14-6-10-16(19)11-7-14)15-8-12-17(20)13-9-15/h14-20H,2-13H2,1H3. The quantitative estimate of drug-likeness (QED) is 0.714. The summed E-state index contributed by atoms with van der Waals surface area (Å²) >= 11 is 0. The highest BCUT2D eigenvalue weighted by Crippen LogP contribution is 2.42. The molecule has 2 aliphatic carbocycles. The van der Waals surface area contributed by atoms with Crippen molar-refractivity contribution in [2.24, 2.45) is 17.8 Å². The number of unbranched alkanes of at least 4 members (excludes halogenated alkanes) is 2. The van der Waals surface area contributed by atoms with Gasteiger partial charge in [0.15, 0.2) is 0 Å². The zero-order valence-corrected chi connectivity index (χ0v) is 13.3. The highest BCUT2D eigenvalue weighted by atomic mass is 16.3. The van der Waals surface area contributed by atoms with E-state index in [1.54, 1.807) is 0 Å². The first-order valence-electron chi connectivity index (χ1n) is 9.06. The van der Waals surface area contributed by atoms with Gasteiger partial charge in [-0.2, -0.15) is 0 Å². The van der Waals surface area contributed by atoms with Crippen LogP contribution >= 0.6 is 0 Å². The second-order valence-corrected chi connectivity index (χ2v) is 7.30. The minimum atomic E-state index is -0.0317. The molecule has 0 saturated heterocycles. The smallest absolute Gasteiger partial charge is 0.0540 e. The van der Waals surface area contributed by atoms with Crippen molar-refractivity contribution in [2.75, 3.05) is 0 Å². The maximum atomic E-state index is 9.73. The Labute approximate surface area is 125 Å². The number of rotatable bonds is 6. The molecule has 0 aromatic heterocycles. The fraction of sp³-hybridized carbons (Fsp3) is 1.00. The molecule has 0 aromatic rings. The van der Waals surface area contributed by atoms with Crippen molar-refractivity contribution in [2.45, 2.75) is 96.2 Å². The van der Waals surface area contributed by atoms with E-state index in [1.807, 2.05) is 0 Å². The van der Waals surface area contributed by atoms with Crippen LogP contribution in [0.3, 0.4) is 0 Å². The fourth-order valence-electron chi connectivity index (χ4n) is 4.55. The average molecular weight is 282 g/mol. The van der Waals surface area contributed by atoms with Crippen LogP contribution in [-0.4, -0.2) is 22.4 Å². The lowest BCUT2D eigenvalue weighted by Gasteiger charge is -2.39. The first-order chi connectivity index (χ1) is 9.70. The summed E-state index contributed by atoms with van der Waals surface area (Å²) < 4.78 is 0. The fourth-order valence-corrected chi connectivity index (χ4v) is 4.55. The van der Waals surface area contributed by atoms with Crippen LogP contribution in [0.15, 0.2) is 0 Å². The molecule has 2 fully saturated rings. The molecule has 0 atom stereocenters. The SMILES string of the molecule is CCCCCC(C1CCC(O)CC1)C1CCC(O)CC1. The average Bonchev–Trinajstić information content (AvgIpc) is 2.46. The summed E-state index contributed by atoms with van der Waals surface area (Å²) in [6, 6.07) is 0. The van der Waals surface area contributed by atoms with E-state index in [-0.39, 0.29) is 12.2 Å². The molecular weight excluding hydrogens is 248 g/mol. The van der Waals surface area contributed by atoms with Crippen LogP contribution in [0.2, 0.25) is 0 Å². The van der Waals surface area contributed by atoms with Crippen molar-refractivity contribution >= 4 is 0 Å². The van der Waals surface area contributed by atoms with Crippen molar-refractivity contribution < 1.29 is 10.2 Å². The van der Waals surface area contributed by atoms with E-state index in [2.05, 4.69) is 6.92 Å². The second-order valence-electron chi connectivity index (χ2n) is 7.30. The van der Waals surface area contributed by atoms with Crippen molar-refractivity contribution in [3.8, 4) is 0 Å². The molecule has 118 valence electrons. The maximum absolute atomic E-state index is 9.73. The summed E-state index contributed by atoms with van der Waals surface area (Å²) in [7, 11) is 0. The third-order valence-electron chi connectivity index (χ3n) is 5.83. The van der Waals surface area contributed by atoms with Crippen LogP contribution in [0.4, 0.5) is 0 Å². The second kappa shape index (κ2) is 8.38. The molecule has 0 amide bonds. The summed E-state index contributed by atoms with van der Waals surface area (Å²) in [6.45, 7) is 2.28. The molecule has 0 aromatic carbocycles. The van der Waals surface area contributed by atoms with Crippen LogP contribution < -0.4 is 0 Å². The van der Waals surface area contributed by atoms with Gasteiger partial charge in [-0.25, -0.2) is 0 Å². The lowest BCUT2D eigenvalue weighted by atomic mass is 9.67. The summed E-state index contributed by atoms with van der Waals surface area (Å²) in [5, 5.41) is 19.5. The van der Waals surface area contributed by atoms with Gasteiger partial charge in [-0.05, 0) is 75.5 Å². The molecule has 0 unspecified atom stereocenters. The summed E-state index contributed by atoms with van der Waals surface area (Å²) in [6.07, 6.45) is 14.4. The van der Waals surface area contributed by atoms with Crippen LogP contribution in [0.25, 0.3) is 0 Å². The van der Waals surface area contributed by atoms with E-state index in [4.69, 9.17) is 0 Å². The predicted octanol–water partition coefficient (Wildman–Crippen LogP) is 4.29. The van der Waals surface area contributed by atoms with Crippen molar-refractivity contribution in [3.05, 3.63) is 0 Å². The maximum Gasteiger partial charge on any atom is 0.0540 e. The van der Waals surface area contributed by atoms with Crippen LogP contribution in [-0.2, 0) is 0 Å². The third-order valence-corrected chi connectivity index (χ3v) is 5.83. The number of aliphatic hydroxyl groups excluding tert-OH is 2. The molecule has 2 N–H and O–H groups in total. The first kappa shape index (κ1) is 16.3. The van der Waals surface area contributed by atoms with Crippen LogP contribution in [0.5, 0.6) is 0 Å². The van der Waals surface area contributed by atoms with E-state index in [9.17, 15) is 10.2 Å². The lowest BCUT2D eigenvalue weighted by molar-refractivity contribution is 0.0423. The van der Waals surface area contributed by atoms with Gasteiger partial charge in [-0.15, -0.1) is 0 Å². The Balaban J connectivity index is 1.89. The Kier molecular flexibility index (Phi) is 6.83. The van der Waals surface area contributed by atoms with Gasteiger partial charge in [0.2, 0.25) is 0 Å². The molecule has 0 radical (unpaired) electrons. The number of hydrogen-bond donors (Lipinski definition) is 2. The summed E-state index contributed by atoms with van der Waals surface area (Å²) in [5.41, 5.74) is 0. The Hall–Kier alpha value is -0.0800. The molecule has 2 nitrogen and oxygen atoms in total. The van der Waals surface area contributed by atoms with Crippen molar-refractivity contribution in [3.63, 3.8) is 0 Å². The molecule has 2 heteroatoms. The van der Waals surface area contributed by atoms with E-state index < -0.39 is 0 Å². The lowest BCUT2D eigenvalue weighted by Crippen LogP contribution is -2.32. The van der Waals surface area contributed by atoms with Crippen molar-refractivity contribution in [1.82, 2.24) is 0 Å². The molecule has 0 aliphatic heterocycles. The topological polar surface area (TPSA) is 40.5 Å². The Bertz CT molecular complexity index is 228. The molecule has 0 bridgehead atoms. The van der Waals surface area contributed by atoms with E-state index >= 15 is 0 Å². The van der Waals surface area contributed by atoms with E-state index in [0.29, 0.717) is 0 Å². The van der Waals surface area contributed by atoms with Gasteiger partial charge in [0.25, 0.3) is 0 Å². The zero-order chi connectivity index (χ0) is 14.4. The third kappa shape index (κ3) is 4.73. The molecular formula is C18H34O2. The molecule has 0 spiro atoms. The molecule has 0 heterocycles. The van der Waals surface area contributed by atoms with Gasteiger partial charge in [0, 0.05) is 0 Å². The van der Waals surface area contributed by atoms with Gasteiger partial charge in [0.05, 0.1) is 12.2 Å². The van der Waals surface area contributed by atoms with Gasteiger partial charge in [-0.1, -0.05) is 26.2 Å². The van der Waals surface area contributed by atoms with Crippen LogP contribution in [0, 0.1) is 17.8 Å². The predicted molar refractivity (Wildman–Crippen MR) is 83.6 cm³/mol. The van der Waals surface area contributed by atoms with Crippen molar-refractivity contribution in [1.29, 1.82) is 0 Å². The first-order valence-corrected chi connectivity index (χ1v) is 9.06. The van der Waals surface area contributed by atoms with Gasteiger partial charge >= 0.3 is 0 Å². The summed E-state index contributed by atoms with van der Waals surface area (Å²) in [5.74, 6) is 2.55. The normalized spacial score (nSPS) is 36.8. The molecule has 2 aliphatic rings. The number of aliphatic hydroxyl groups is 2. The minimum absolute atomic E-state index is 0.0317. The van der Waals surface area contributed by atoms with Gasteiger partial charge in [0.1, 0.15) is 0 Å². The van der Waals surface area contributed by atoms with E-state index in [1.165, 1.54) is 51.4 Å². The highest BCUT2D eigenvalue weighted by Gasteiger charge is 2.33. The van der Waals surface area contributed by atoms with Crippen LogP contribution in [0.1, 0.15) is 84.0 Å². The molecule has 20 heavy (non-hydrogen) atoms. The molecule has 2 saturated carbocycles. The minimum Gasteiger partial charge on any atom is -0.393 e.